The summed E-state index contributed by atoms with van der Waals surface area (Å²) in [6, 6.07) is 4.45. The SMILES string of the molecule is C[C@@H](N)Cc1ccc(OCCB(O)O)cc1F. The topological polar surface area (TPSA) is 75.7 Å². The molecule has 0 heterocycles. The van der Waals surface area contributed by atoms with Crippen molar-refractivity contribution in [2.24, 2.45) is 5.73 Å². The fraction of sp³-hybridized carbons (Fsp3) is 0.455. The summed E-state index contributed by atoms with van der Waals surface area (Å²) in [5, 5.41) is 17.2. The van der Waals surface area contributed by atoms with Gasteiger partial charge >= 0.3 is 7.12 Å². The van der Waals surface area contributed by atoms with Crippen molar-refractivity contribution < 1.29 is 19.2 Å². The lowest BCUT2D eigenvalue weighted by atomic mass is 9.87. The molecule has 0 unspecified atom stereocenters. The first-order valence-electron chi connectivity index (χ1n) is 5.52. The molecule has 0 saturated carbocycles. The van der Waals surface area contributed by atoms with Crippen molar-refractivity contribution in [2.45, 2.75) is 25.7 Å². The van der Waals surface area contributed by atoms with Crippen LogP contribution in [0.3, 0.4) is 0 Å². The van der Waals surface area contributed by atoms with Gasteiger partial charge in [-0.1, -0.05) is 6.07 Å². The molecule has 0 radical (unpaired) electrons. The van der Waals surface area contributed by atoms with Crippen molar-refractivity contribution in [3.05, 3.63) is 29.6 Å². The molecule has 1 aromatic rings. The van der Waals surface area contributed by atoms with Gasteiger partial charge in [0.15, 0.2) is 0 Å². The Kier molecular flexibility index (Phi) is 5.41. The molecule has 0 spiro atoms. The highest BCUT2D eigenvalue weighted by molar-refractivity contribution is 6.41. The van der Waals surface area contributed by atoms with E-state index in [0.717, 1.165) is 0 Å². The lowest BCUT2D eigenvalue weighted by Gasteiger charge is -2.09. The quantitative estimate of drug-likeness (QED) is 0.636. The number of hydrogen-bond acceptors (Lipinski definition) is 4. The molecule has 1 rings (SSSR count). The Balaban J connectivity index is 2.56. The minimum atomic E-state index is -1.41. The first-order chi connectivity index (χ1) is 7.99. The summed E-state index contributed by atoms with van der Waals surface area (Å²) < 4.78 is 18.7. The van der Waals surface area contributed by atoms with E-state index in [-0.39, 0.29) is 24.8 Å². The summed E-state index contributed by atoms with van der Waals surface area (Å²) in [7, 11) is -1.41. The minimum absolute atomic E-state index is 0.0865. The lowest BCUT2D eigenvalue weighted by molar-refractivity contribution is 0.315. The molecule has 4 N–H and O–H groups in total. The number of nitrogens with two attached hydrogens (primary N) is 1. The van der Waals surface area contributed by atoms with Crippen LogP contribution in [0.2, 0.25) is 6.32 Å². The fourth-order valence-electron chi connectivity index (χ4n) is 1.41. The molecule has 0 aliphatic carbocycles. The lowest BCUT2D eigenvalue weighted by Crippen LogP contribution is -2.18. The molecular weight excluding hydrogens is 224 g/mol. The van der Waals surface area contributed by atoms with Crippen molar-refractivity contribution in [2.75, 3.05) is 6.61 Å². The van der Waals surface area contributed by atoms with E-state index >= 15 is 0 Å². The Morgan fingerprint density at radius 2 is 2.18 bits per heavy atom. The van der Waals surface area contributed by atoms with Crippen LogP contribution in [-0.2, 0) is 6.42 Å². The van der Waals surface area contributed by atoms with Gasteiger partial charge < -0.3 is 20.5 Å². The number of benzene rings is 1. The Bertz CT molecular complexity index is 361. The van der Waals surface area contributed by atoms with Crippen LogP contribution in [0.25, 0.3) is 0 Å². The zero-order chi connectivity index (χ0) is 12.8. The van der Waals surface area contributed by atoms with E-state index in [0.29, 0.717) is 17.7 Å². The van der Waals surface area contributed by atoms with Crippen molar-refractivity contribution in [3.8, 4) is 5.75 Å². The number of rotatable bonds is 6. The molecule has 0 aliphatic rings. The standard InChI is InChI=1S/C11H17BFNO3/c1-8(14)6-9-2-3-10(7-11(9)13)17-5-4-12(15)16/h2-3,7-8,15-16H,4-6,14H2,1H3/t8-/m1/s1. The van der Waals surface area contributed by atoms with E-state index in [9.17, 15) is 4.39 Å². The van der Waals surface area contributed by atoms with Gasteiger partial charge in [-0.2, -0.15) is 0 Å². The van der Waals surface area contributed by atoms with Gasteiger partial charge in [-0.05, 0) is 25.0 Å². The van der Waals surface area contributed by atoms with Gasteiger partial charge in [-0.3, -0.25) is 0 Å². The van der Waals surface area contributed by atoms with Crippen molar-refractivity contribution in [1.29, 1.82) is 0 Å². The third-order valence-corrected chi connectivity index (χ3v) is 2.21. The monoisotopic (exact) mass is 241 g/mol. The van der Waals surface area contributed by atoms with Gasteiger partial charge in [0.1, 0.15) is 11.6 Å². The van der Waals surface area contributed by atoms with Crippen LogP contribution in [0.15, 0.2) is 18.2 Å². The molecule has 0 fully saturated rings. The Morgan fingerprint density at radius 3 is 2.71 bits per heavy atom. The van der Waals surface area contributed by atoms with Crippen LogP contribution in [0.1, 0.15) is 12.5 Å². The molecule has 0 amide bonds. The van der Waals surface area contributed by atoms with Crippen LogP contribution in [-0.4, -0.2) is 29.8 Å². The van der Waals surface area contributed by atoms with E-state index in [1.54, 1.807) is 12.1 Å². The van der Waals surface area contributed by atoms with Crippen LogP contribution in [0.4, 0.5) is 4.39 Å². The zero-order valence-electron chi connectivity index (χ0n) is 9.77. The van der Waals surface area contributed by atoms with E-state index < -0.39 is 7.12 Å². The predicted molar refractivity (Wildman–Crippen MR) is 64.2 cm³/mol. The fourth-order valence-corrected chi connectivity index (χ4v) is 1.41. The van der Waals surface area contributed by atoms with Gasteiger partial charge in [0, 0.05) is 18.4 Å². The predicted octanol–water partition coefficient (Wildman–Crippen LogP) is 0.567. The van der Waals surface area contributed by atoms with Crippen molar-refractivity contribution in [1.82, 2.24) is 0 Å². The summed E-state index contributed by atoms with van der Waals surface area (Å²) in [6.45, 7) is 1.94. The van der Waals surface area contributed by atoms with Gasteiger partial charge in [-0.25, -0.2) is 4.39 Å². The molecular formula is C11H17BFNO3. The molecule has 17 heavy (non-hydrogen) atoms. The van der Waals surface area contributed by atoms with Crippen molar-refractivity contribution >= 4 is 7.12 Å². The molecule has 94 valence electrons. The Labute approximate surface area is 100 Å². The van der Waals surface area contributed by atoms with Gasteiger partial charge in [0.2, 0.25) is 0 Å². The molecule has 0 aromatic heterocycles. The molecule has 0 bridgehead atoms. The van der Waals surface area contributed by atoms with Gasteiger partial charge in [0.05, 0.1) is 6.61 Å². The second kappa shape index (κ2) is 6.59. The molecule has 1 aromatic carbocycles. The summed E-state index contributed by atoms with van der Waals surface area (Å²) in [4.78, 5) is 0. The largest absolute Gasteiger partial charge is 0.494 e. The third-order valence-electron chi connectivity index (χ3n) is 2.21. The van der Waals surface area contributed by atoms with E-state index in [2.05, 4.69) is 0 Å². The molecule has 0 aliphatic heterocycles. The van der Waals surface area contributed by atoms with Crippen LogP contribution < -0.4 is 10.5 Å². The zero-order valence-corrected chi connectivity index (χ0v) is 9.77. The second-order valence-electron chi connectivity index (χ2n) is 4.05. The van der Waals surface area contributed by atoms with Crippen LogP contribution in [0.5, 0.6) is 5.75 Å². The average molecular weight is 241 g/mol. The molecule has 0 saturated heterocycles. The van der Waals surface area contributed by atoms with Gasteiger partial charge in [-0.15, -0.1) is 0 Å². The maximum absolute atomic E-state index is 13.6. The van der Waals surface area contributed by atoms with Crippen LogP contribution >= 0.6 is 0 Å². The normalized spacial score (nSPS) is 12.3. The maximum atomic E-state index is 13.6. The van der Waals surface area contributed by atoms with Gasteiger partial charge in [0.25, 0.3) is 0 Å². The molecule has 1 atom stereocenters. The number of ether oxygens (including phenoxy) is 1. The highest BCUT2D eigenvalue weighted by atomic mass is 19.1. The summed E-state index contributed by atoms with van der Waals surface area (Å²) in [5.74, 6) is 0.0147. The first kappa shape index (κ1) is 14.0. The second-order valence-corrected chi connectivity index (χ2v) is 4.05. The van der Waals surface area contributed by atoms with Crippen LogP contribution in [0, 0.1) is 5.82 Å². The Hall–Kier alpha value is -1.11. The highest BCUT2D eigenvalue weighted by Crippen LogP contribution is 2.18. The maximum Gasteiger partial charge on any atom is 0.454 e. The third kappa shape index (κ3) is 5.17. The average Bonchev–Trinajstić information content (AvgIpc) is 2.21. The van der Waals surface area contributed by atoms with E-state index in [1.807, 2.05) is 6.92 Å². The Morgan fingerprint density at radius 1 is 1.47 bits per heavy atom. The molecule has 6 heteroatoms. The van der Waals surface area contributed by atoms with Crippen molar-refractivity contribution in [3.63, 3.8) is 0 Å². The minimum Gasteiger partial charge on any atom is -0.494 e. The number of hydrogen-bond donors (Lipinski definition) is 3. The first-order valence-corrected chi connectivity index (χ1v) is 5.52. The van der Waals surface area contributed by atoms with E-state index in [4.69, 9.17) is 20.5 Å². The number of halogens is 1. The summed E-state index contributed by atoms with van der Waals surface area (Å²) in [5.41, 5.74) is 6.14. The van der Waals surface area contributed by atoms with E-state index in [1.165, 1.54) is 6.07 Å². The highest BCUT2D eigenvalue weighted by Gasteiger charge is 2.09. The smallest absolute Gasteiger partial charge is 0.454 e. The summed E-state index contributed by atoms with van der Waals surface area (Å²) >= 11 is 0. The summed E-state index contributed by atoms with van der Waals surface area (Å²) in [6.07, 6.45) is 0.560. The molecule has 4 nitrogen and oxygen atoms in total.